The third-order valence-electron chi connectivity index (χ3n) is 4.38. The van der Waals surface area contributed by atoms with E-state index in [0.29, 0.717) is 17.1 Å². The molecule has 6 nitrogen and oxygen atoms in total. The molecule has 0 bridgehead atoms. The zero-order chi connectivity index (χ0) is 18.5. The van der Waals surface area contributed by atoms with Gasteiger partial charge in [0.15, 0.2) is 11.4 Å². The van der Waals surface area contributed by atoms with E-state index in [2.05, 4.69) is 9.97 Å². The first-order valence-corrected chi connectivity index (χ1v) is 8.02. The number of nitrogens with zero attached hydrogens (tertiary/aromatic N) is 2. The molecule has 3 heterocycles. The molecule has 0 aliphatic carbocycles. The van der Waals surface area contributed by atoms with Gasteiger partial charge in [-0.15, -0.1) is 0 Å². The van der Waals surface area contributed by atoms with Crippen molar-refractivity contribution in [2.75, 3.05) is 0 Å². The lowest BCUT2D eigenvalue weighted by Gasteiger charge is -2.23. The van der Waals surface area contributed by atoms with Crippen LogP contribution in [0.2, 0.25) is 0 Å². The standard InChI is InChI=1S/C19H15FN2O4/c1-10-7-8-13(25-10)15-14-16(22-18(24)21-15)19(2,26-17(14)23)9-11-5-3-4-6-12(11)20/h3-8H,9H2,1-2H3,(H,21,22,24). The van der Waals surface area contributed by atoms with Crippen LogP contribution in [0.1, 0.15) is 34.3 Å². The average Bonchev–Trinajstić information content (AvgIpc) is 3.11. The van der Waals surface area contributed by atoms with Crippen molar-refractivity contribution in [3.8, 4) is 17.5 Å². The highest BCUT2D eigenvalue weighted by Gasteiger charge is 2.46. The molecule has 3 aromatic rings. The molecule has 1 aromatic carbocycles. The zero-order valence-electron chi connectivity index (χ0n) is 14.1. The Kier molecular flexibility index (Phi) is 3.54. The Labute approximate surface area is 148 Å². The number of esters is 1. The van der Waals surface area contributed by atoms with Crippen LogP contribution in [0.15, 0.2) is 40.8 Å². The van der Waals surface area contributed by atoms with Crippen LogP contribution in [-0.4, -0.2) is 21.0 Å². The number of carbonyl (C=O) groups excluding carboxylic acids is 1. The highest BCUT2D eigenvalue weighted by Crippen LogP contribution is 2.42. The van der Waals surface area contributed by atoms with E-state index in [-0.39, 0.29) is 23.4 Å². The summed E-state index contributed by atoms with van der Waals surface area (Å²) >= 11 is 0. The third-order valence-corrected chi connectivity index (χ3v) is 4.38. The summed E-state index contributed by atoms with van der Waals surface area (Å²) in [6.07, 6.45) is 0.0749. The quantitative estimate of drug-likeness (QED) is 0.725. The highest BCUT2D eigenvalue weighted by atomic mass is 19.1. The summed E-state index contributed by atoms with van der Waals surface area (Å²) in [7, 11) is 0. The Morgan fingerprint density at radius 3 is 2.65 bits per heavy atom. The predicted molar refractivity (Wildman–Crippen MR) is 89.0 cm³/mol. The van der Waals surface area contributed by atoms with Crippen LogP contribution >= 0.6 is 0 Å². The van der Waals surface area contributed by atoms with Crippen LogP contribution in [0.3, 0.4) is 0 Å². The molecular weight excluding hydrogens is 339 g/mol. The molecule has 7 heteroatoms. The van der Waals surface area contributed by atoms with Crippen molar-refractivity contribution >= 4 is 5.97 Å². The lowest BCUT2D eigenvalue weighted by Crippen LogP contribution is -2.26. The second-order valence-electron chi connectivity index (χ2n) is 6.39. The number of ether oxygens (including phenoxy) is 1. The van der Waals surface area contributed by atoms with Crippen molar-refractivity contribution in [2.45, 2.75) is 25.9 Å². The number of aromatic nitrogens is 2. The number of benzene rings is 1. The topological polar surface area (TPSA) is 85.5 Å². The number of rotatable bonds is 3. The van der Waals surface area contributed by atoms with E-state index in [9.17, 15) is 14.3 Å². The van der Waals surface area contributed by atoms with Crippen LogP contribution in [0.5, 0.6) is 6.01 Å². The zero-order valence-corrected chi connectivity index (χ0v) is 14.1. The molecule has 0 spiro atoms. The lowest BCUT2D eigenvalue weighted by molar-refractivity contribution is -0.000747. The molecule has 0 radical (unpaired) electrons. The number of halogens is 1. The molecule has 1 aliphatic heterocycles. The third kappa shape index (κ3) is 2.52. The first-order valence-electron chi connectivity index (χ1n) is 8.02. The van der Waals surface area contributed by atoms with Gasteiger partial charge in [-0.1, -0.05) is 18.2 Å². The van der Waals surface area contributed by atoms with Crippen molar-refractivity contribution < 1.29 is 23.4 Å². The van der Waals surface area contributed by atoms with Crippen molar-refractivity contribution in [1.29, 1.82) is 0 Å². The Morgan fingerprint density at radius 2 is 1.96 bits per heavy atom. The fourth-order valence-corrected chi connectivity index (χ4v) is 3.19. The summed E-state index contributed by atoms with van der Waals surface area (Å²) in [4.78, 5) is 20.5. The van der Waals surface area contributed by atoms with Gasteiger partial charge < -0.3 is 14.3 Å². The average molecular weight is 354 g/mol. The molecular formula is C19H15FN2O4. The fourth-order valence-electron chi connectivity index (χ4n) is 3.19. The Balaban J connectivity index is 1.86. The first kappa shape index (κ1) is 16.3. The number of fused-ring (bicyclic) bond motifs is 1. The minimum atomic E-state index is -1.23. The van der Waals surface area contributed by atoms with Gasteiger partial charge >= 0.3 is 12.0 Å². The van der Waals surface area contributed by atoms with E-state index in [1.165, 1.54) is 6.07 Å². The van der Waals surface area contributed by atoms with Crippen molar-refractivity contribution in [1.82, 2.24) is 9.97 Å². The normalized spacial score (nSPS) is 18.7. The van der Waals surface area contributed by atoms with Gasteiger partial charge in [0.1, 0.15) is 28.5 Å². The number of aromatic hydroxyl groups is 1. The second-order valence-corrected chi connectivity index (χ2v) is 6.39. The molecule has 1 unspecified atom stereocenters. The molecule has 0 saturated carbocycles. The minimum absolute atomic E-state index is 0.0749. The Bertz CT molecular complexity index is 1030. The van der Waals surface area contributed by atoms with E-state index in [1.807, 2.05) is 0 Å². The molecule has 1 atom stereocenters. The minimum Gasteiger partial charge on any atom is -0.479 e. The van der Waals surface area contributed by atoms with Crippen LogP contribution in [-0.2, 0) is 16.8 Å². The maximum atomic E-state index is 14.1. The van der Waals surface area contributed by atoms with Gasteiger partial charge in [0.2, 0.25) is 0 Å². The first-order chi connectivity index (χ1) is 12.4. The van der Waals surface area contributed by atoms with Crippen LogP contribution in [0.25, 0.3) is 11.5 Å². The summed E-state index contributed by atoms with van der Waals surface area (Å²) in [6, 6.07) is 9.10. The summed E-state index contributed by atoms with van der Waals surface area (Å²) in [6.45, 7) is 3.39. The summed E-state index contributed by atoms with van der Waals surface area (Å²) in [5, 5.41) is 9.98. The van der Waals surface area contributed by atoms with E-state index < -0.39 is 23.4 Å². The number of hydrogen-bond donors (Lipinski definition) is 1. The van der Waals surface area contributed by atoms with Gasteiger partial charge in [-0.25, -0.2) is 9.18 Å². The Hall–Kier alpha value is -3.22. The maximum absolute atomic E-state index is 14.1. The highest BCUT2D eigenvalue weighted by molar-refractivity contribution is 5.99. The smallest absolute Gasteiger partial charge is 0.343 e. The summed E-state index contributed by atoms with van der Waals surface area (Å²) in [5.41, 5.74) is -0.365. The van der Waals surface area contributed by atoms with Crippen molar-refractivity contribution in [3.63, 3.8) is 0 Å². The molecule has 132 valence electrons. The van der Waals surface area contributed by atoms with E-state index >= 15 is 0 Å². The van der Waals surface area contributed by atoms with Gasteiger partial charge in [-0.05, 0) is 37.6 Å². The number of cyclic esters (lactones) is 1. The molecule has 0 saturated heterocycles. The summed E-state index contributed by atoms with van der Waals surface area (Å²) < 4.78 is 25.2. The van der Waals surface area contributed by atoms with Crippen LogP contribution < -0.4 is 0 Å². The van der Waals surface area contributed by atoms with E-state index in [4.69, 9.17) is 9.15 Å². The molecule has 1 N–H and O–H groups in total. The molecule has 26 heavy (non-hydrogen) atoms. The SMILES string of the molecule is Cc1ccc(-c2nc(O)nc3c2C(=O)OC3(C)Cc2ccccc2F)o1. The lowest BCUT2D eigenvalue weighted by atomic mass is 9.91. The number of aryl methyl sites for hydroxylation is 1. The number of furan rings is 1. The van der Waals surface area contributed by atoms with Crippen molar-refractivity contribution in [3.05, 3.63) is 64.8 Å². The van der Waals surface area contributed by atoms with Gasteiger partial charge in [-0.3, -0.25) is 0 Å². The molecule has 0 amide bonds. The fraction of sp³-hybridized carbons (Fsp3) is 0.211. The number of hydrogen-bond acceptors (Lipinski definition) is 6. The monoisotopic (exact) mass is 354 g/mol. The number of carbonyl (C=O) groups is 1. The molecule has 2 aromatic heterocycles. The van der Waals surface area contributed by atoms with E-state index in [0.717, 1.165) is 0 Å². The van der Waals surface area contributed by atoms with Gasteiger partial charge in [0.05, 0.1) is 0 Å². The molecule has 0 fully saturated rings. The van der Waals surface area contributed by atoms with E-state index in [1.54, 1.807) is 44.2 Å². The molecule has 4 rings (SSSR count). The van der Waals surface area contributed by atoms with Crippen molar-refractivity contribution in [2.24, 2.45) is 0 Å². The van der Waals surface area contributed by atoms with Gasteiger partial charge in [0.25, 0.3) is 0 Å². The Morgan fingerprint density at radius 1 is 1.19 bits per heavy atom. The maximum Gasteiger partial charge on any atom is 0.343 e. The van der Waals surface area contributed by atoms with Gasteiger partial charge in [0, 0.05) is 6.42 Å². The molecule has 1 aliphatic rings. The van der Waals surface area contributed by atoms with Crippen LogP contribution in [0.4, 0.5) is 4.39 Å². The largest absolute Gasteiger partial charge is 0.479 e. The van der Waals surface area contributed by atoms with Gasteiger partial charge in [-0.2, -0.15) is 9.97 Å². The summed E-state index contributed by atoms with van der Waals surface area (Å²) in [5.74, 6) is -0.0860. The second kappa shape index (κ2) is 5.66. The predicted octanol–water partition coefficient (Wildman–Crippen LogP) is 3.52. The van der Waals surface area contributed by atoms with Crippen LogP contribution in [0, 0.1) is 12.7 Å².